The Kier molecular flexibility index (Phi) is 3.78. The fourth-order valence-electron chi connectivity index (χ4n) is 2.15. The molecule has 1 aromatic rings. The van der Waals surface area contributed by atoms with E-state index in [4.69, 9.17) is 0 Å². The Morgan fingerprint density at radius 1 is 1.13 bits per heavy atom. The lowest BCUT2D eigenvalue weighted by molar-refractivity contribution is 0.306. The largest absolute Gasteiger partial charge is 0.508 e. The van der Waals surface area contributed by atoms with E-state index in [0.29, 0.717) is 17.1 Å². The Hall–Kier alpha value is -0.980. The minimum absolute atomic E-state index is 0.349. The van der Waals surface area contributed by atoms with Crippen LogP contribution in [0.2, 0.25) is 0 Å². The van der Waals surface area contributed by atoms with E-state index in [9.17, 15) is 5.11 Å². The predicted molar refractivity (Wildman–Crippen MR) is 65.0 cm³/mol. The van der Waals surface area contributed by atoms with Gasteiger partial charge in [-0.25, -0.2) is 0 Å². The summed E-state index contributed by atoms with van der Waals surface area (Å²) in [5.41, 5.74) is 1.71. The second-order valence-electron chi connectivity index (χ2n) is 5.74. The van der Waals surface area contributed by atoms with Crippen LogP contribution in [0.3, 0.4) is 0 Å². The molecule has 1 atom stereocenters. The molecule has 0 heterocycles. The first-order valence-electron chi connectivity index (χ1n) is 5.65. The van der Waals surface area contributed by atoms with Crippen LogP contribution in [0.1, 0.15) is 39.7 Å². The first kappa shape index (κ1) is 12.1. The average Bonchev–Trinajstić information content (AvgIpc) is 2.05. The van der Waals surface area contributed by atoms with Gasteiger partial charge in [-0.1, -0.05) is 39.8 Å². The topological polar surface area (TPSA) is 20.2 Å². The van der Waals surface area contributed by atoms with E-state index in [1.807, 2.05) is 12.1 Å². The van der Waals surface area contributed by atoms with Gasteiger partial charge in [0.15, 0.2) is 0 Å². The minimum Gasteiger partial charge on any atom is -0.508 e. The monoisotopic (exact) mass is 206 g/mol. The molecule has 0 aliphatic carbocycles. The van der Waals surface area contributed by atoms with Crippen LogP contribution in [0.25, 0.3) is 0 Å². The van der Waals surface area contributed by atoms with Crippen molar-refractivity contribution in [1.82, 2.24) is 0 Å². The molecule has 0 radical (unpaired) electrons. The molecule has 84 valence electrons. The number of phenolic OH excluding ortho intramolecular Hbond substituents is 1. The van der Waals surface area contributed by atoms with E-state index in [1.165, 1.54) is 12.0 Å². The van der Waals surface area contributed by atoms with E-state index in [1.54, 1.807) is 12.1 Å². The maximum atomic E-state index is 9.18. The van der Waals surface area contributed by atoms with E-state index in [-0.39, 0.29) is 0 Å². The highest BCUT2D eigenvalue weighted by Crippen LogP contribution is 2.26. The fraction of sp³-hybridized carbons (Fsp3) is 0.571. The molecular formula is C14H22O. The van der Waals surface area contributed by atoms with Crippen molar-refractivity contribution in [2.45, 2.75) is 40.5 Å². The van der Waals surface area contributed by atoms with Crippen LogP contribution in [-0.2, 0) is 6.42 Å². The quantitative estimate of drug-likeness (QED) is 0.792. The Bertz CT molecular complexity index is 292. The van der Waals surface area contributed by atoms with Gasteiger partial charge in [0.05, 0.1) is 0 Å². The molecule has 0 fully saturated rings. The van der Waals surface area contributed by atoms with Crippen molar-refractivity contribution in [2.24, 2.45) is 11.3 Å². The third-order valence-electron chi connectivity index (χ3n) is 2.48. The van der Waals surface area contributed by atoms with Gasteiger partial charge in [0.25, 0.3) is 0 Å². The van der Waals surface area contributed by atoms with Crippen molar-refractivity contribution >= 4 is 0 Å². The van der Waals surface area contributed by atoms with Gasteiger partial charge < -0.3 is 5.11 Å². The van der Waals surface area contributed by atoms with Gasteiger partial charge in [-0.3, -0.25) is 0 Å². The van der Waals surface area contributed by atoms with Crippen molar-refractivity contribution in [3.8, 4) is 5.75 Å². The smallest absolute Gasteiger partial charge is 0.115 e. The summed E-state index contributed by atoms with van der Waals surface area (Å²) in [6.07, 6.45) is 2.32. The fourth-order valence-corrected chi connectivity index (χ4v) is 2.15. The molecular weight excluding hydrogens is 184 g/mol. The van der Waals surface area contributed by atoms with Crippen LogP contribution in [0.5, 0.6) is 5.75 Å². The van der Waals surface area contributed by atoms with Crippen LogP contribution in [0.15, 0.2) is 24.3 Å². The van der Waals surface area contributed by atoms with Gasteiger partial charge in [0.1, 0.15) is 5.75 Å². The zero-order valence-corrected chi connectivity index (χ0v) is 10.2. The number of rotatable bonds is 3. The Labute approximate surface area is 93.1 Å². The molecule has 0 bridgehead atoms. The van der Waals surface area contributed by atoms with Crippen LogP contribution in [0, 0.1) is 11.3 Å². The Morgan fingerprint density at radius 3 is 2.13 bits per heavy atom. The number of aromatic hydroxyl groups is 1. The summed E-state index contributed by atoms with van der Waals surface area (Å²) >= 11 is 0. The molecule has 0 amide bonds. The predicted octanol–water partition coefficient (Wildman–Crippen LogP) is 4.01. The first-order valence-corrected chi connectivity index (χ1v) is 5.65. The molecule has 1 N–H and O–H groups in total. The van der Waals surface area contributed by atoms with Gasteiger partial charge in [-0.05, 0) is 41.9 Å². The maximum absolute atomic E-state index is 9.18. The lowest BCUT2D eigenvalue weighted by Gasteiger charge is -2.23. The van der Waals surface area contributed by atoms with E-state index >= 15 is 0 Å². The van der Waals surface area contributed by atoms with Gasteiger partial charge in [0.2, 0.25) is 0 Å². The molecule has 1 nitrogen and oxygen atoms in total. The van der Waals surface area contributed by atoms with E-state index < -0.39 is 0 Å². The number of hydrogen-bond acceptors (Lipinski definition) is 1. The van der Waals surface area contributed by atoms with Crippen LogP contribution < -0.4 is 0 Å². The first-order chi connectivity index (χ1) is 6.87. The average molecular weight is 206 g/mol. The van der Waals surface area contributed by atoms with E-state index in [0.717, 1.165) is 6.42 Å². The van der Waals surface area contributed by atoms with Gasteiger partial charge in [-0.15, -0.1) is 0 Å². The highest BCUT2D eigenvalue weighted by molar-refractivity contribution is 5.26. The molecule has 0 spiro atoms. The minimum atomic E-state index is 0.349. The lowest BCUT2D eigenvalue weighted by Crippen LogP contribution is -2.12. The van der Waals surface area contributed by atoms with Crippen molar-refractivity contribution < 1.29 is 5.11 Å². The zero-order chi connectivity index (χ0) is 11.5. The summed E-state index contributed by atoms with van der Waals surface area (Å²) in [5.74, 6) is 1.04. The molecule has 0 saturated carbocycles. The highest BCUT2D eigenvalue weighted by atomic mass is 16.3. The summed E-state index contributed by atoms with van der Waals surface area (Å²) in [6.45, 7) is 9.12. The third kappa shape index (κ3) is 4.87. The van der Waals surface area contributed by atoms with Crippen molar-refractivity contribution in [1.29, 1.82) is 0 Å². The van der Waals surface area contributed by atoms with Gasteiger partial charge in [-0.2, -0.15) is 0 Å². The Morgan fingerprint density at radius 2 is 1.67 bits per heavy atom. The molecule has 0 aromatic heterocycles. The lowest BCUT2D eigenvalue weighted by atomic mass is 9.83. The molecule has 0 aliphatic rings. The molecule has 1 rings (SSSR count). The summed E-state index contributed by atoms with van der Waals surface area (Å²) in [5, 5.41) is 9.18. The molecule has 15 heavy (non-hydrogen) atoms. The summed E-state index contributed by atoms with van der Waals surface area (Å²) < 4.78 is 0. The third-order valence-corrected chi connectivity index (χ3v) is 2.48. The summed E-state index contributed by atoms with van der Waals surface area (Å²) in [7, 11) is 0. The maximum Gasteiger partial charge on any atom is 0.115 e. The molecule has 1 aromatic carbocycles. The van der Waals surface area contributed by atoms with Crippen LogP contribution in [-0.4, -0.2) is 5.11 Å². The Balaban J connectivity index is 2.51. The SMILES string of the molecule is CC(Cc1ccc(O)cc1)CC(C)(C)C. The number of hydrogen-bond donors (Lipinski definition) is 1. The zero-order valence-electron chi connectivity index (χ0n) is 10.2. The standard InChI is InChI=1S/C14H22O/c1-11(10-14(2,3)4)9-12-5-7-13(15)8-6-12/h5-8,11,15H,9-10H2,1-4H3. The highest BCUT2D eigenvalue weighted by Gasteiger charge is 2.15. The molecule has 1 heteroatoms. The van der Waals surface area contributed by atoms with Crippen LogP contribution >= 0.6 is 0 Å². The summed E-state index contributed by atoms with van der Waals surface area (Å²) in [4.78, 5) is 0. The molecule has 0 saturated heterocycles. The van der Waals surface area contributed by atoms with Crippen LogP contribution in [0.4, 0.5) is 0 Å². The van der Waals surface area contributed by atoms with Gasteiger partial charge in [0, 0.05) is 0 Å². The second kappa shape index (κ2) is 4.69. The van der Waals surface area contributed by atoms with E-state index in [2.05, 4.69) is 27.7 Å². The second-order valence-corrected chi connectivity index (χ2v) is 5.74. The number of phenols is 1. The van der Waals surface area contributed by atoms with Crippen molar-refractivity contribution in [2.75, 3.05) is 0 Å². The molecule has 1 unspecified atom stereocenters. The normalized spacial score (nSPS) is 13.9. The van der Waals surface area contributed by atoms with Gasteiger partial charge >= 0.3 is 0 Å². The van der Waals surface area contributed by atoms with Crippen molar-refractivity contribution in [3.63, 3.8) is 0 Å². The number of benzene rings is 1. The van der Waals surface area contributed by atoms with Crippen molar-refractivity contribution in [3.05, 3.63) is 29.8 Å². The molecule has 0 aliphatic heterocycles. The summed E-state index contributed by atoms with van der Waals surface area (Å²) in [6, 6.07) is 7.54.